The lowest BCUT2D eigenvalue weighted by Gasteiger charge is -2.39. The van der Waals surface area contributed by atoms with Crippen LogP contribution in [0, 0.1) is 17.8 Å². The van der Waals surface area contributed by atoms with Crippen LogP contribution in [0.25, 0.3) is 0 Å². The van der Waals surface area contributed by atoms with Gasteiger partial charge in [0, 0.05) is 23.7 Å². The molecule has 148 valence electrons. The first-order chi connectivity index (χ1) is 12.6. The topological polar surface area (TPSA) is 66.5 Å². The van der Waals surface area contributed by atoms with Crippen molar-refractivity contribution in [1.29, 1.82) is 0 Å². The van der Waals surface area contributed by atoms with E-state index in [9.17, 15) is 13.2 Å². The zero-order valence-corrected chi connectivity index (χ0v) is 17.3. The third-order valence-corrected chi connectivity index (χ3v) is 7.99. The zero-order valence-electron chi connectivity index (χ0n) is 16.4. The molecule has 1 aromatic rings. The second-order valence-electron chi connectivity index (χ2n) is 9.77. The van der Waals surface area contributed by atoms with Gasteiger partial charge in [0.05, 0.1) is 4.90 Å². The summed E-state index contributed by atoms with van der Waals surface area (Å²) in [5.41, 5.74) is 0.0449. The lowest BCUT2D eigenvalue weighted by atomic mass is 9.68. The van der Waals surface area contributed by atoms with Gasteiger partial charge in [-0.3, -0.25) is 4.79 Å². The van der Waals surface area contributed by atoms with Crippen LogP contribution < -0.4 is 4.72 Å². The van der Waals surface area contributed by atoms with Gasteiger partial charge < -0.3 is 4.90 Å². The minimum Gasteiger partial charge on any atom is -0.335 e. The molecular formula is C21H30N2O3S. The molecule has 2 atom stereocenters. The van der Waals surface area contributed by atoms with Gasteiger partial charge in [-0.05, 0) is 94.9 Å². The summed E-state index contributed by atoms with van der Waals surface area (Å²) in [6.07, 6.45) is 6.17. The van der Waals surface area contributed by atoms with Gasteiger partial charge >= 0.3 is 0 Å². The summed E-state index contributed by atoms with van der Waals surface area (Å²) < 4.78 is 27.6. The van der Waals surface area contributed by atoms with E-state index < -0.39 is 15.6 Å². The van der Waals surface area contributed by atoms with Gasteiger partial charge in [-0.15, -0.1) is 0 Å². The molecule has 0 aromatic heterocycles. The van der Waals surface area contributed by atoms with Crippen molar-refractivity contribution in [2.45, 2.75) is 69.4 Å². The highest BCUT2D eigenvalue weighted by molar-refractivity contribution is 7.89. The number of hydrogen-bond acceptors (Lipinski definition) is 3. The Bertz CT molecular complexity index is 812. The van der Waals surface area contributed by atoms with E-state index in [1.807, 2.05) is 20.8 Å². The maximum atomic E-state index is 13.2. The number of benzene rings is 1. The molecule has 2 unspecified atom stereocenters. The second kappa shape index (κ2) is 6.59. The highest BCUT2D eigenvalue weighted by atomic mass is 32.2. The molecule has 1 amide bonds. The van der Waals surface area contributed by atoms with Gasteiger partial charge in [-0.2, -0.15) is 0 Å². The number of hydrogen-bond donors (Lipinski definition) is 1. The van der Waals surface area contributed by atoms with E-state index in [4.69, 9.17) is 0 Å². The first kappa shape index (κ1) is 18.9. The lowest BCUT2D eigenvalue weighted by Crippen LogP contribution is -2.42. The Balaban J connectivity index is 1.53. The highest BCUT2D eigenvalue weighted by Crippen LogP contribution is 2.47. The van der Waals surface area contributed by atoms with E-state index in [-0.39, 0.29) is 10.8 Å². The highest BCUT2D eigenvalue weighted by Gasteiger charge is 2.44. The number of sulfonamides is 1. The van der Waals surface area contributed by atoms with Crippen LogP contribution in [0.5, 0.6) is 0 Å². The van der Waals surface area contributed by atoms with Crippen molar-refractivity contribution in [2.75, 3.05) is 6.54 Å². The molecule has 2 saturated carbocycles. The molecule has 5 nitrogen and oxygen atoms in total. The Labute approximate surface area is 162 Å². The van der Waals surface area contributed by atoms with Gasteiger partial charge in [0.1, 0.15) is 0 Å². The van der Waals surface area contributed by atoms with Gasteiger partial charge in [-0.25, -0.2) is 13.1 Å². The van der Waals surface area contributed by atoms with Gasteiger partial charge in [0.2, 0.25) is 10.0 Å². The van der Waals surface area contributed by atoms with Crippen molar-refractivity contribution >= 4 is 15.9 Å². The molecule has 27 heavy (non-hydrogen) atoms. The lowest BCUT2D eigenvalue weighted by molar-refractivity contribution is 0.0632. The molecule has 4 fully saturated rings. The zero-order chi connectivity index (χ0) is 19.4. The summed E-state index contributed by atoms with van der Waals surface area (Å²) in [7, 11) is -3.58. The second-order valence-corrected chi connectivity index (χ2v) is 11.5. The average molecular weight is 391 g/mol. The third kappa shape index (κ3) is 3.92. The van der Waals surface area contributed by atoms with Gasteiger partial charge in [-0.1, -0.05) is 0 Å². The molecule has 2 aliphatic carbocycles. The maximum Gasteiger partial charge on any atom is 0.254 e. The summed E-state index contributed by atoms with van der Waals surface area (Å²) in [5.74, 6) is 2.28. The van der Waals surface area contributed by atoms with Crippen LogP contribution in [0.1, 0.15) is 63.2 Å². The Morgan fingerprint density at radius 2 is 1.52 bits per heavy atom. The van der Waals surface area contributed by atoms with Crippen molar-refractivity contribution < 1.29 is 13.2 Å². The third-order valence-electron chi connectivity index (χ3n) is 6.22. The minimum absolute atomic E-state index is 0.0564. The molecular weight excluding hydrogens is 360 g/mol. The van der Waals surface area contributed by atoms with Crippen molar-refractivity contribution in [3.63, 3.8) is 0 Å². The molecule has 0 spiro atoms. The van der Waals surface area contributed by atoms with Crippen molar-refractivity contribution in [1.82, 2.24) is 9.62 Å². The predicted octanol–water partition coefficient (Wildman–Crippen LogP) is 3.41. The van der Waals surface area contributed by atoms with Gasteiger partial charge in [0.25, 0.3) is 5.91 Å². The molecule has 5 rings (SSSR count). The number of fused-ring (bicyclic) bond motifs is 1. The van der Waals surface area contributed by atoms with E-state index in [0.717, 1.165) is 31.2 Å². The quantitative estimate of drug-likeness (QED) is 0.860. The average Bonchev–Trinajstić information content (AvgIpc) is 2.76. The fraction of sp³-hybridized carbons (Fsp3) is 0.667. The Kier molecular flexibility index (Phi) is 4.62. The summed E-state index contributed by atoms with van der Waals surface area (Å²) in [6, 6.07) is 6.77. The van der Waals surface area contributed by atoms with E-state index in [2.05, 4.69) is 9.62 Å². The van der Waals surface area contributed by atoms with Gasteiger partial charge in [0.15, 0.2) is 0 Å². The van der Waals surface area contributed by atoms with E-state index >= 15 is 0 Å². The number of nitrogens with zero attached hydrogens (tertiary/aromatic N) is 1. The number of rotatable bonds is 3. The van der Waals surface area contributed by atoms with Crippen molar-refractivity contribution in [2.24, 2.45) is 17.8 Å². The smallest absolute Gasteiger partial charge is 0.254 e. The number of amides is 1. The van der Waals surface area contributed by atoms with Crippen LogP contribution in [0.4, 0.5) is 0 Å². The Morgan fingerprint density at radius 1 is 0.963 bits per heavy atom. The van der Waals surface area contributed by atoms with Crippen molar-refractivity contribution in [3.05, 3.63) is 29.8 Å². The Hall–Kier alpha value is -1.40. The molecule has 2 heterocycles. The van der Waals surface area contributed by atoms with Crippen LogP contribution in [0.15, 0.2) is 29.2 Å². The number of carbonyl (C=O) groups excluding carboxylic acids is 1. The van der Waals surface area contributed by atoms with E-state index in [1.54, 1.807) is 24.3 Å². The number of carbonyl (C=O) groups is 1. The first-order valence-electron chi connectivity index (χ1n) is 10.1. The fourth-order valence-electron chi connectivity index (χ4n) is 5.44. The van der Waals surface area contributed by atoms with Crippen molar-refractivity contribution in [3.8, 4) is 0 Å². The monoisotopic (exact) mass is 390 g/mol. The minimum atomic E-state index is -3.58. The first-order valence-corrected chi connectivity index (χ1v) is 11.5. The molecule has 6 heteroatoms. The molecule has 0 radical (unpaired) electrons. The fourth-order valence-corrected chi connectivity index (χ4v) is 6.86. The van der Waals surface area contributed by atoms with Crippen LogP contribution in [0.2, 0.25) is 0 Å². The van der Waals surface area contributed by atoms with E-state index in [0.29, 0.717) is 17.5 Å². The molecule has 2 aliphatic heterocycles. The van der Waals surface area contributed by atoms with E-state index in [1.165, 1.54) is 19.3 Å². The molecule has 2 saturated heterocycles. The summed E-state index contributed by atoms with van der Waals surface area (Å²) in [4.78, 5) is 15.5. The van der Waals surface area contributed by atoms with Crippen LogP contribution in [-0.2, 0) is 10.0 Å². The summed E-state index contributed by atoms with van der Waals surface area (Å²) in [5, 5.41) is 0. The molecule has 1 N–H and O–H groups in total. The predicted molar refractivity (Wildman–Crippen MR) is 105 cm³/mol. The standard InChI is InChI=1S/C21H30N2O3S/c1-21(2,3)22-27(25,26)19-6-4-17(5-7-19)20(24)23-13-16-9-14-8-15(10-16)12-18(23)11-14/h4-7,14-16,18,22H,8-13H2,1-3H3. The molecule has 4 aliphatic rings. The summed E-state index contributed by atoms with van der Waals surface area (Å²) >= 11 is 0. The van der Waals surface area contributed by atoms with Crippen LogP contribution in [0.3, 0.4) is 0 Å². The largest absolute Gasteiger partial charge is 0.335 e. The normalized spacial score (nSPS) is 30.4. The van der Waals surface area contributed by atoms with Crippen LogP contribution in [-0.4, -0.2) is 37.4 Å². The molecule has 1 aromatic carbocycles. The maximum absolute atomic E-state index is 13.2. The number of nitrogens with one attached hydrogen (secondary N) is 1. The molecule has 4 bridgehead atoms. The summed E-state index contributed by atoms with van der Waals surface area (Å²) in [6.45, 7) is 6.29. The SMILES string of the molecule is CC(C)(C)NS(=O)(=O)c1ccc(C(=O)N2CC3CC4CC(C3)CC2C4)cc1. The van der Waals surface area contributed by atoms with Crippen LogP contribution >= 0.6 is 0 Å². The Morgan fingerprint density at radius 3 is 2.07 bits per heavy atom.